The zero-order valence-corrected chi connectivity index (χ0v) is 17.3. The van der Waals surface area contributed by atoms with Gasteiger partial charge in [-0.25, -0.2) is 0 Å². The highest BCUT2D eigenvalue weighted by Crippen LogP contribution is 2.22. The number of anilines is 1. The standard InChI is InChI=1S/C24H30N2O3/c1-19-7-6-15-25(17-19)24(28)14-16-26(20(2)27)22-10-12-23(13-11-22)29-18-21-8-4-3-5-9-21/h3-5,8-13,19H,6-7,14-18H2,1-2H3. The summed E-state index contributed by atoms with van der Waals surface area (Å²) in [5.41, 5.74) is 1.89. The van der Waals surface area contributed by atoms with Crippen molar-refractivity contribution < 1.29 is 14.3 Å². The Morgan fingerprint density at radius 1 is 1.10 bits per heavy atom. The fraction of sp³-hybridized carbons (Fsp3) is 0.417. The zero-order valence-electron chi connectivity index (χ0n) is 17.3. The van der Waals surface area contributed by atoms with Crippen LogP contribution in [0.2, 0.25) is 0 Å². The maximum atomic E-state index is 12.5. The Kier molecular flexibility index (Phi) is 7.28. The van der Waals surface area contributed by atoms with E-state index in [1.54, 1.807) is 4.90 Å². The Balaban J connectivity index is 1.55. The van der Waals surface area contributed by atoms with Crippen molar-refractivity contribution in [3.8, 4) is 5.75 Å². The van der Waals surface area contributed by atoms with E-state index in [0.29, 0.717) is 25.5 Å². The Morgan fingerprint density at radius 2 is 1.83 bits per heavy atom. The summed E-state index contributed by atoms with van der Waals surface area (Å²) in [6, 6.07) is 17.5. The van der Waals surface area contributed by atoms with Crippen molar-refractivity contribution in [2.24, 2.45) is 5.92 Å². The average Bonchev–Trinajstić information content (AvgIpc) is 2.73. The molecule has 2 aromatic carbocycles. The van der Waals surface area contributed by atoms with Gasteiger partial charge in [0.15, 0.2) is 0 Å². The van der Waals surface area contributed by atoms with E-state index < -0.39 is 0 Å². The number of carbonyl (C=O) groups excluding carboxylic acids is 2. The lowest BCUT2D eigenvalue weighted by molar-refractivity contribution is -0.132. The van der Waals surface area contributed by atoms with Crippen LogP contribution in [0.3, 0.4) is 0 Å². The Labute approximate surface area is 173 Å². The fourth-order valence-corrected chi connectivity index (χ4v) is 3.71. The maximum absolute atomic E-state index is 12.5. The van der Waals surface area contributed by atoms with E-state index in [2.05, 4.69) is 6.92 Å². The van der Waals surface area contributed by atoms with Crippen molar-refractivity contribution >= 4 is 17.5 Å². The molecule has 0 N–H and O–H groups in total. The highest BCUT2D eigenvalue weighted by atomic mass is 16.5. The van der Waals surface area contributed by atoms with E-state index in [0.717, 1.165) is 36.5 Å². The monoisotopic (exact) mass is 394 g/mol. The lowest BCUT2D eigenvalue weighted by atomic mass is 10.00. The lowest BCUT2D eigenvalue weighted by Crippen LogP contribution is -2.41. The van der Waals surface area contributed by atoms with Crippen molar-refractivity contribution in [3.63, 3.8) is 0 Å². The van der Waals surface area contributed by atoms with Gasteiger partial charge in [-0.3, -0.25) is 9.59 Å². The summed E-state index contributed by atoms with van der Waals surface area (Å²) in [5.74, 6) is 1.37. The predicted molar refractivity (Wildman–Crippen MR) is 115 cm³/mol. The summed E-state index contributed by atoms with van der Waals surface area (Å²) in [4.78, 5) is 28.3. The minimum atomic E-state index is -0.0669. The van der Waals surface area contributed by atoms with Gasteiger partial charge in [-0.15, -0.1) is 0 Å². The molecular formula is C24H30N2O3. The van der Waals surface area contributed by atoms with Crippen LogP contribution < -0.4 is 9.64 Å². The number of hydrogen-bond acceptors (Lipinski definition) is 3. The first-order chi connectivity index (χ1) is 14.0. The van der Waals surface area contributed by atoms with Crippen LogP contribution in [0.15, 0.2) is 54.6 Å². The van der Waals surface area contributed by atoms with Gasteiger partial charge in [-0.2, -0.15) is 0 Å². The molecule has 154 valence electrons. The highest BCUT2D eigenvalue weighted by Gasteiger charge is 2.22. The van der Waals surface area contributed by atoms with Gasteiger partial charge in [0.25, 0.3) is 0 Å². The molecule has 1 atom stereocenters. The third kappa shape index (κ3) is 6.08. The molecule has 1 heterocycles. The predicted octanol–water partition coefficient (Wildman–Crippen LogP) is 4.27. The molecule has 0 spiro atoms. The summed E-state index contributed by atoms with van der Waals surface area (Å²) in [7, 11) is 0. The Bertz CT molecular complexity index is 805. The summed E-state index contributed by atoms with van der Waals surface area (Å²) >= 11 is 0. The Morgan fingerprint density at radius 3 is 2.48 bits per heavy atom. The molecule has 1 saturated heterocycles. The highest BCUT2D eigenvalue weighted by molar-refractivity contribution is 5.92. The van der Waals surface area contributed by atoms with Gasteiger partial charge in [-0.05, 0) is 48.6 Å². The number of amides is 2. The molecule has 29 heavy (non-hydrogen) atoms. The van der Waals surface area contributed by atoms with E-state index in [1.807, 2.05) is 59.5 Å². The maximum Gasteiger partial charge on any atom is 0.224 e. The molecule has 5 nitrogen and oxygen atoms in total. The number of hydrogen-bond donors (Lipinski definition) is 0. The number of ether oxygens (including phenoxy) is 1. The topological polar surface area (TPSA) is 49.9 Å². The van der Waals surface area contributed by atoms with Gasteiger partial charge in [-0.1, -0.05) is 37.3 Å². The average molecular weight is 395 g/mol. The molecule has 0 saturated carbocycles. The van der Waals surface area contributed by atoms with Gasteiger partial charge in [0.05, 0.1) is 0 Å². The van der Waals surface area contributed by atoms with E-state index in [-0.39, 0.29) is 11.8 Å². The second kappa shape index (κ2) is 10.1. The van der Waals surface area contributed by atoms with Crippen LogP contribution in [0, 0.1) is 5.92 Å². The first-order valence-corrected chi connectivity index (χ1v) is 10.4. The number of nitrogens with zero attached hydrogens (tertiary/aromatic N) is 2. The quantitative estimate of drug-likeness (QED) is 0.705. The lowest BCUT2D eigenvalue weighted by Gasteiger charge is -2.31. The summed E-state index contributed by atoms with van der Waals surface area (Å²) in [6.45, 7) is 6.27. The molecular weight excluding hydrogens is 364 g/mol. The molecule has 1 aliphatic rings. The number of carbonyl (C=O) groups is 2. The van der Waals surface area contributed by atoms with E-state index in [1.165, 1.54) is 13.3 Å². The molecule has 3 rings (SSSR count). The molecule has 2 amide bonds. The Hall–Kier alpha value is -2.82. The first-order valence-electron chi connectivity index (χ1n) is 10.4. The molecule has 0 aromatic heterocycles. The van der Waals surface area contributed by atoms with Crippen molar-refractivity contribution in [1.29, 1.82) is 0 Å². The van der Waals surface area contributed by atoms with Gasteiger partial charge < -0.3 is 14.5 Å². The molecule has 1 fully saturated rings. The van der Waals surface area contributed by atoms with Gasteiger partial charge in [0.1, 0.15) is 12.4 Å². The number of likely N-dealkylation sites (tertiary alicyclic amines) is 1. The summed E-state index contributed by atoms with van der Waals surface area (Å²) in [6.07, 6.45) is 2.59. The van der Waals surface area contributed by atoms with E-state index in [9.17, 15) is 9.59 Å². The minimum absolute atomic E-state index is 0.0669. The number of piperidine rings is 1. The van der Waals surface area contributed by atoms with Crippen LogP contribution >= 0.6 is 0 Å². The van der Waals surface area contributed by atoms with E-state index in [4.69, 9.17) is 4.74 Å². The SMILES string of the molecule is CC(=O)N(CCC(=O)N1CCCC(C)C1)c1ccc(OCc2ccccc2)cc1. The number of rotatable bonds is 7. The van der Waals surface area contributed by atoms with E-state index >= 15 is 0 Å². The van der Waals surface area contributed by atoms with Crippen LogP contribution in [-0.4, -0.2) is 36.3 Å². The molecule has 2 aromatic rings. The molecule has 0 bridgehead atoms. The van der Waals surface area contributed by atoms with Crippen molar-refractivity contribution in [3.05, 3.63) is 60.2 Å². The van der Waals surface area contributed by atoms with Gasteiger partial charge in [0.2, 0.25) is 11.8 Å². The summed E-state index contributed by atoms with van der Waals surface area (Å²) in [5, 5.41) is 0. The molecule has 5 heteroatoms. The first kappa shape index (κ1) is 20.9. The van der Waals surface area contributed by atoms with Crippen molar-refractivity contribution in [2.75, 3.05) is 24.5 Å². The van der Waals surface area contributed by atoms with Crippen LogP contribution in [0.5, 0.6) is 5.75 Å². The minimum Gasteiger partial charge on any atom is -0.489 e. The second-order valence-electron chi connectivity index (χ2n) is 7.78. The van der Waals surface area contributed by atoms with Crippen LogP contribution in [0.1, 0.15) is 38.7 Å². The fourth-order valence-electron chi connectivity index (χ4n) is 3.71. The normalized spacial score (nSPS) is 16.3. The molecule has 1 aliphatic heterocycles. The third-order valence-corrected chi connectivity index (χ3v) is 5.34. The van der Waals surface area contributed by atoms with Crippen molar-refractivity contribution in [2.45, 2.75) is 39.7 Å². The van der Waals surface area contributed by atoms with Crippen LogP contribution in [0.25, 0.3) is 0 Å². The molecule has 0 aliphatic carbocycles. The van der Waals surface area contributed by atoms with Gasteiger partial charge >= 0.3 is 0 Å². The second-order valence-corrected chi connectivity index (χ2v) is 7.78. The summed E-state index contributed by atoms with van der Waals surface area (Å²) < 4.78 is 5.81. The largest absolute Gasteiger partial charge is 0.489 e. The number of benzene rings is 2. The van der Waals surface area contributed by atoms with Crippen molar-refractivity contribution in [1.82, 2.24) is 4.90 Å². The zero-order chi connectivity index (χ0) is 20.6. The third-order valence-electron chi connectivity index (χ3n) is 5.34. The molecule has 1 unspecified atom stereocenters. The molecule has 0 radical (unpaired) electrons. The van der Waals surface area contributed by atoms with Gasteiger partial charge in [0, 0.05) is 38.7 Å². The van der Waals surface area contributed by atoms with Crippen LogP contribution in [-0.2, 0) is 16.2 Å². The smallest absolute Gasteiger partial charge is 0.224 e. The van der Waals surface area contributed by atoms with Crippen LogP contribution in [0.4, 0.5) is 5.69 Å².